The molecule has 1 heterocycles. The van der Waals surface area contributed by atoms with Crippen LogP contribution in [0.2, 0.25) is 0 Å². The van der Waals surface area contributed by atoms with Gasteiger partial charge in [0, 0.05) is 13.1 Å². The Morgan fingerprint density at radius 2 is 2.17 bits per heavy atom. The lowest BCUT2D eigenvalue weighted by Crippen LogP contribution is -2.31. The number of hydrogen-bond acceptors (Lipinski definition) is 3. The maximum Gasteiger partial charge on any atom is 0.306 e. The fourth-order valence-electron chi connectivity index (χ4n) is 2.73. The van der Waals surface area contributed by atoms with Crippen LogP contribution in [0.1, 0.15) is 37.1 Å². The van der Waals surface area contributed by atoms with Crippen molar-refractivity contribution in [3.8, 4) is 0 Å². The summed E-state index contributed by atoms with van der Waals surface area (Å²) < 4.78 is 1.86. The molecule has 0 amide bonds. The summed E-state index contributed by atoms with van der Waals surface area (Å²) in [6.45, 7) is 4.01. The van der Waals surface area contributed by atoms with E-state index < -0.39 is 5.97 Å². The standard InChI is InChI=1S/C13H21N3O2/c1-8-12(9(2)16(3)15-8)14-11-6-4-5-10(7-11)13(17)18/h10-11,14H,4-7H2,1-3H3,(H,17,18). The maximum absolute atomic E-state index is 11.0. The number of carboxylic acid groups (broad SMARTS) is 1. The molecule has 18 heavy (non-hydrogen) atoms. The Balaban J connectivity index is 2.07. The van der Waals surface area contributed by atoms with Gasteiger partial charge in [-0.05, 0) is 33.1 Å². The first-order chi connectivity index (χ1) is 8.49. The molecule has 100 valence electrons. The van der Waals surface area contributed by atoms with E-state index in [9.17, 15) is 4.79 Å². The molecule has 1 aromatic heterocycles. The van der Waals surface area contributed by atoms with Crippen molar-refractivity contribution in [1.29, 1.82) is 0 Å². The number of rotatable bonds is 3. The molecule has 0 bridgehead atoms. The molecule has 5 heteroatoms. The highest BCUT2D eigenvalue weighted by Crippen LogP contribution is 2.29. The summed E-state index contributed by atoms with van der Waals surface area (Å²) in [4.78, 5) is 11.0. The van der Waals surface area contributed by atoms with Gasteiger partial charge in [-0.15, -0.1) is 0 Å². The molecule has 2 rings (SSSR count). The molecular formula is C13H21N3O2. The van der Waals surface area contributed by atoms with Crippen molar-refractivity contribution in [1.82, 2.24) is 9.78 Å². The fourth-order valence-corrected chi connectivity index (χ4v) is 2.73. The lowest BCUT2D eigenvalue weighted by atomic mass is 9.85. The molecule has 1 aliphatic rings. The number of carbonyl (C=O) groups is 1. The molecule has 1 saturated carbocycles. The third kappa shape index (κ3) is 2.49. The van der Waals surface area contributed by atoms with Crippen LogP contribution < -0.4 is 5.32 Å². The monoisotopic (exact) mass is 251 g/mol. The number of nitrogens with zero attached hydrogens (tertiary/aromatic N) is 2. The minimum absolute atomic E-state index is 0.200. The van der Waals surface area contributed by atoms with Gasteiger partial charge in [-0.1, -0.05) is 6.42 Å². The van der Waals surface area contributed by atoms with Crippen molar-refractivity contribution >= 4 is 11.7 Å². The van der Waals surface area contributed by atoms with E-state index in [4.69, 9.17) is 5.11 Å². The van der Waals surface area contributed by atoms with Crippen LogP contribution in [0.5, 0.6) is 0 Å². The Morgan fingerprint density at radius 1 is 1.44 bits per heavy atom. The number of hydrogen-bond donors (Lipinski definition) is 2. The highest BCUT2D eigenvalue weighted by Gasteiger charge is 2.27. The zero-order chi connectivity index (χ0) is 13.3. The molecule has 2 N–H and O–H groups in total. The SMILES string of the molecule is Cc1nn(C)c(C)c1NC1CCCC(C(=O)O)C1. The zero-order valence-corrected chi connectivity index (χ0v) is 11.2. The molecule has 0 saturated heterocycles. The molecule has 2 atom stereocenters. The molecule has 1 aromatic rings. The molecule has 0 radical (unpaired) electrons. The van der Waals surface area contributed by atoms with Gasteiger partial charge in [0.2, 0.25) is 0 Å². The number of anilines is 1. The van der Waals surface area contributed by atoms with Crippen molar-refractivity contribution in [2.24, 2.45) is 13.0 Å². The first kappa shape index (κ1) is 12.9. The predicted molar refractivity (Wildman–Crippen MR) is 69.7 cm³/mol. The van der Waals surface area contributed by atoms with Gasteiger partial charge in [0.1, 0.15) is 0 Å². The average molecular weight is 251 g/mol. The third-order valence-corrected chi connectivity index (χ3v) is 3.88. The van der Waals surface area contributed by atoms with Gasteiger partial charge < -0.3 is 10.4 Å². The Labute approximate surface area is 107 Å². The Bertz CT molecular complexity index is 453. The predicted octanol–water partition coefficient (Wildman–Crippen LogP) is 2.09. The highest BCUT2D eigenvalue weighted by molar-refractivity contribution is 5.70. The Hall–Kier alpha value is -1.52. The number of aliphatic carboxylic acids is 1. The number of aromatic nitrogens is 2. The van der Waals surface area contributed by atoms with E-state index in [0.29, 0.717) is 6.42 Å². The van der Waals surface area contributed by atoms with E-state index in [0.717, 1.165) is 36.3 Å². The van der Waals surface area contributed by atoms with Crippen LogP contribution in [0, 0.1) is 19.8 Å². The molecule has 2 unspecified atom stereocenters. The van der Waals surface area contributed by atoms with Gasteiger partial charge in [0.05, 0.1) is 23.0 Å². The second kappa shape index (κ2) is 5.00. The third-order valence-electron chi connectivity index (χ3n) is 3.88. The molecular weight excluding hydrogens is 230 g/mol. The van der Waals surface area contributed by atoms with E-state index in [1.54, 1.807) is 0 Å². The maximum atomic E-state index is 11.0. The van der Waals surface area contributed by atoms with E-state index in [1.807, 2.05) is 25.6 Å². The van der Waals surface area contributed by atoms with Gasteiger partial charge in [0.25, 0.3) is 0 Å². The lowest BCUT2D eigenvalue weighted by Gasteiger charge is -2.28. The lowest BCUT2D eigenvalue weighted by molar-refractivity contribution is -0.142. The van der Waals surface area contributed by atoms with E-state index >= 15 is 0 Å². The summed E-state index contributed by atoms with van der Waals surface area (Å²) in [6.07, 6.45) is 3.53. The Morgan fingerprint density at radius 3 is 2.72 bits per heavy atom. The molecule has 1 fully saturated rings. The second-order valence-corrected chi connectivity index (χ2v) is 5.21. The summed E-state index contributed by atoms with van der Waals surface area (Å²) in [5.41, 5.74) is 3.14. The van der Waals surface area contributed by atoms with Crippen molar-refractivity contribution in [3.05, 3.63) is 11.4 Å². The molecule has 5 nitrogen and oxygen atoms in total. The van der Waals surface area contributed by atoms with Gasteiger partial charge in [0.15, 0.2) is 0 Å². The summed E-state index contributed by atoms with van der Waals surface area (Å²) >= 11 is 0. The van der Waals surface area contributed by atoms with Crippen LogP contribution >= 0.6 is 0 Å². The topological polar surface area (TPSA) is 67.2 Å². The van der Waals surface area contributed by atoms with E-state index in [-0.39, 0.29) is 12.0 Å². The fraction of sp³-hybridized carbons (Fsp3) is 0.692. The molecule has 1 aliphatic carbocycles. The average Bonchev–Trinajstić information content (AvgIpc) is 2.56. The van der Waals surface area contributed by atoms with Gasteiger partial charge in [-0.25, -0.2) is 0 Å². The van der Waals surface area contributed by atoms with Gasteiger partial charge in [-0.3, -0.25) is 9.48 Å². The van der Waals surface area contributed by atoms with Crippen LogP contribution in [0.3, 0.4) is 0 Å². The van der Waals surface area contributed by atoms with Crippen molar-refractivity contribution < 1.29 is 9.90 Å². The minimum atomic E-state index is -0.666. The minimum Gasteiger partial charge on any atom is -0.481 e. The first-order valence-corrected chi connectivity index (χ1v) is 6.48. The molecule has 0 aromatic carbocycles. The quantitative estimate of drug-likeness (QED) is 0.863. The van der Waals surface area contributed by atoms with Crippen molar-refractivity contribution in [2.45, 2.75) is 45.6 Å². The van der Waals surface area contributed by atoms with Gasteiger partial charge >= 0.3 is 5.97 Å². The second-order valence-electron chi connectivity index (χ2n) is 5.21. The summed E-state index contributed by atoms with van der Waals surface area (Å²) in [5, 5.41) is 16.9. The zero-order valence-electron chi connectivity index (χ0n) is 11.2. The van der Waals surface area contributed by atoms with E-state index in [2.05, 4.69) is 10.4 Å². The van der Waals surface area contributed by atoms with Gasteiger partial charge in [-0.2, -0.15) is 5.10 Å². The van der Waals surface area contributed by atoms with Crippen molar-refractivity contribution in [3.63, 3.8) is 0 Å². The number of aryl methyl sites for hydroxylation is 2. The van der Waals surface area contributed by atoms with Crippen LogP contribution in [-0.4, -0.2) is 26.9 Å². The van der Waals surface area contributed by atoms with Crippen LogP contribution in [0.25, 0.3) is 0 Å². The Kier molecular flexibility index (Phi) is 3.59. The normalized spacial score (nSPS) is 23.9. The summed E-state index contributed by atoms with van der Waals surface area (Å²) in [5.74, 6) is -0.866. The first-order valence-electron chi connectivity index (χ1n) is 6.48. The van der Waals surface area contributed by atoms with Crippen LogP contribution in [0.4, 0.5) is 5.69 Å². The van der Waals surface area contributed by atoms with Crippen LogP contribution in [0.15, 0.2) is 0 Å². The number of carboxylic acids is 1. The summed E-state index contributed by atoms with van der Waals surface area (Å²) in [6, 6.07) is 0.251. The number of nitrogens with one attached hydrogen (secondary N) is 1. The smallest absolute Gasteiger partial charge is 0.306 e. The van der Waals surface area contributed by atoms with Crippen molar-refractivity contribution in [2.75, 3.05) is 5.32 Å². The molecule has 0 spiro atoms. The molecule has 0 aliphatic heterocycles. The summed E-state index contributed by atoms with van der Waals surface area (Å²) in [7, 11) is 1.93. The largest absolute Gasteiger partial charge is 0.481 e. The van der Waals surface area contributed by atoms with Crippen LogP contribution in [-0.2, 0) is 11.8 Å². The highest BCUT2D eigenvalue weighted by atomic mass is 16.4. The van der Waals surface area contributed by atoms with E-state index in [1.165, 1.54) is 0 Å².